The van der Waals surface area contributed by atoms with E-state index in [9.17, 15) is 33.2 Å². The van der Waals surface area contributed by atoms with Crippen molar-refractivity contribution < 1.29 is 28.0 Å². The molecule has 0 saturated carbocycles. The van der Waals surface area contributed by atoms with Gasteiger partial charge in [-0.1, -0.05) is 37.1 Å². The Morgan fingerprint density at radius 2 is 2.07 bits per heavy atom. The molecule has 1 aromatic rings. The highest BCUT2D eigenvalue weighted by atomic mass is 35.5. The predicted octanol–water partition coefficient (Wildman–Crippen LogP) is 2.59. The zero-order valence-electron chi connectivity index (χ0n) is 15.0. The summed E-state index contributed by atoms with van der Waals surface area (Å²) in [6.45, 7) is 3.12. The van der Waals surface area contributed by atoms with E-state index in [0.717, 1.165) is 6.07 Å². The Bertz CT molecular complexity index is 974. The molecule has 1 atom stereocenters. The number of halogens is 1. The lowest BCUT2D eigenvalue weighted by Gasteiger charge is -2.34. The second kappa shape index (κ2) is 8.15. The summed E-state index contributed by atoms with van der Waals surface area (Å²) in [5.41, 5.74) is -1.70. The molecule has 0 aromatic heterocycles. The summed E-state index contributed by atoms with van der Waals surface area (Å²) in [7, 11) is -4.26. The molecule has 0 radical (unpaired) electrons. The highest BCUT2D eigenvalue weighted by Crippen LogP contribution is 2.39. The number of nitrogens with zero attached hydrogens (tertiary/aromatic N) is 2. The molecule has 1 heterocycles. The number of amides is 2. The highest BCUT2D eigenvalue weighted by molar-refractivity contribution is 7.89. The lowest BCUT2D eigenvalue weighted by Crippen LogP contribution is -2.53. The van der Waals surface area contributed by atoms with Crippen LogP contribution in [0.3, 0.4) is 0 Å². The summed E-state index contributed by atoms with van der Waals surface area (Å²) in [6.07, 6.45) is 0.757. The van der Waals surface area contributed by atoms with Crippen LogP contribution in [0.4, 0.5) is 10.5 Å². The van der Waals surface area contributed by atoms with Gasteiger partial charge >= 0.3 is 12.0 Å². The fraction of sp³-hybridized carbons (Fsp3) is 0.375. The molecule has 0 fully saturated rings. The van der Waals surface area contributed by atoms with Gasteiger partial charge in [0, 0.05) is 11.6 Å². The molecule has 2 rings (SSSR count). The first-order valence-corrected chi connectivity index (χ1v) is 10.3. The number of nitro groups is 1. The monoisotopic (exact) mass is 431 g/mol. The topological polar surface area (TPSA) is 147 Å². The Hall–Kier alpha value is -2.66. The van der Waals surface area contributed by atoms with E-state index in [1.807, 2.05) is 0 Å². The van der Waals surface area contributed by atoms with Crippen LogP contribution < -0.4 is 5.32 Å². The van der Waals surface area contributed by atoms with Gasteiger partial charge in [-0.25, -0.2) is 18.0 Å². The van der Waals surface area contributed by atoms with Crippen LogP contribution in [-0.2, 0) is 14.8 Å². The third kappa shape index (κ3) is 3.94. The summed E-state index contributed by atoms with van der Waals surface area (Å²) in [5, 5.41) is 22.7. The number of hydrogen-bond acceptors (Lipinski definition) is 6. The molecule has 2 amide bonds. The van der Waals surface area contributed by atoms with Gasteiger partial charge in [-0.15, -0.1) is 0 Å². The summed E-state index contributed by atoms with van der Waals surface area (Å²) in [6, 6.07) is 1.47. The van der Waals surface area contributed by atoms with E-state index in [2.05, 4.69) is 5.32 Å². The number of carboxylic acids is 1. The average Bonchev–Trinajstić information content (AvgIpc) is 2.58. The van der Waals surface area contributed by atoms with Gasteiger partial charge in [0.25, 0.3) is 5.69 Å². The normalized spacial score (nSPS) is 17.5. The first-order chi connectivity index (χ1) is 13.0. The van der Waals surface area contributed by atoms with Gasteiger partial charge in [-0.2, -0.15) is 4.31 Å². The van der Waals surface area contributed by atoms with Crippen molar-refractivity contribution in [2.75, 3.05) is 5.75 Å². The second-order valence-electron chi connectivity index (χ2n) is 6.07. The lowest BCUT2D eigenvalue weighted by molar-refractivity contribution is -0.384. The van der Waals surface area contributed by atoms with E-state index < -0.39 is 60.7 Å². The van der Waals surface area contributed by atoms with Gasteiger partial charge in [0.15, 0.2) is 0 Å². The molecule has 152 valence electrons. The Labute approximate surface area is 166 Å². The number of nitro benzene ring substituents is 1. The minimum Gasteiger partial charge on any atom is -0.478 e. The zero-order valence-corrected chi connectivity index (χ0v) is 16.6. The number of carbonyl (C=O) groups excluding carboxylic acids is 1. The van der Waals surface area contributed by atoms with Crippen LogP contribution in [0.25, 0.3) is 5.70 Å². The van der Waals surface area contributed by atoms with Gasteiger partial charge in [-0.05, 0) is 13.3 Å². The molecule has 0 aliphatic carbocycles. The molecule has 0 saturated heterocycles. The Morgan fingerprint density at radius 1 is 1.43 bits per heavy atom. The van der Waals surface area contributed by atoms with Crippen molar-refractivity contribution in [3.63, 3.8) is 0 Å². The molecule has 1 aromatic carbocycles. The summed E-state index contributed by atoms with van der Waals surface area (Å²) < 4.78 is 26.0. The molecule has 0 bridgehead atoms. The second-order valence-corrected chi connectivity index (χ2v) is 8.38. The van der Waals surface area contributed by atoms with E-state index in [4.69, 9.17) is 11.6 Å². The lowest BCUT2D eigenvalue weighted by atomic mass is 9.99. The maximum atomic E-state index is 12.8. The zero-order chi connectivity index (χ0) is 21.2. The van der Waals surface area contributed by atoms with Crippen LogP contribution in [0.1, 0.15) is 32.3 Å². The van der Waals surface area contributed by atoms with Crippen molar-refractivity contribution in [3.05, 3.63) is 44.5 Å². The first-order valence-electron chi connectivity index (χ1n) is 8.27. The van der Waals surface area contributed by atoms with Crippen LogP contribution in [0, 0.1) is 10.1 Å². The van der Waals surface area contributed by atoms with E-state index in [1.54, 1.807) is 6.92 Å². The summed E-state index contributed by atoms with van der Waals surface area (Å²) >= 11 is 6.10. The Morgan fingerprint density at radius 3 is 2.61 bits per heavy atom. The number of hydrogen-bond donors (Lipinski definition) is 2. The molecule has 12 heteroatoms. The standard InChI is InChI=1S/C16H18ClN3O7S/c1-3-4-8-28(26,27)19-14(12(15(21)22)9(2)18-16(19)23)10-6-5-7-11(13(10)17)20(24)25/h5-7,9H,3-4,8H2,1-2H3,(H,18,23)(H,21,22). The van der Waals surface area contributed by atoms with E-state index in [1.165, 1.54) is 19.1 Å². The molecule has 1 aliphatic heterocycles. The molecule has 0 spiro atoms. The van der Waals surface area contributed by atoms with Gasteiger partial charge in [0.1, 0.15) is 5.02 Å². The van der Waals surface area contributed by atoms with Crippen molar-refractivity contribution in [1.82, 2.24) is 9.62 Å². The predicted molar refractivity (Wildman–Crippen MR) is 101 cm³/mol. The number of rotatable bonds is 7. The maximum Gasteiger partial charge on any atom is 0.336 e. The third-order valence-corrected chi connectivity index (χ3v) is 6.22. The van der Waals surface area contributed by atoms with E-state index in [0.29, 0.717) is 10.7 Å². The van der Waals surface area contributed by atoms with Crippen molar-refractivity contribution >= 4 is 45.0 Å². The van der Waals surface area contributed by atoms with Crippen molar-refractivity contribution in [2.24, 2.45) is 0 Å². The molecular weight excluding hydrogens is 414 g/mol. The van der Waals surface area contributed by atoms with Crippen LogP contribution in [0.15, 0.2) is 23.8 Å². The minimum absolute atomic E-state index is 0.227. The van der Waals surface area contributed by atoms with Crippen molar-refractivity contribution in [1.29, 1.82) is 0 Å². The minimum atomic E-state index is -4.26. The first kappa shape index (κ1) is 21.6. The van der Waals surface area contributed by atoms with Crippen LogP contribution >= 0.6 is 11.6 Å². The van der Waals surface area contributed by atoms with Crippen molar-refractivity contribution in [2.45, 2.75) is 32.7 Å². The van der Waals surface area contributed by atoms with E-state index >= 15 is 0 Å². The number of sulfonamides is 1. The number of urea groups is 1. The number of nitrogens with one attached hydrogen (secondary N) is 1. The summed E-state index contributed by atoms with van der Waals surface area (Å²) in [4.78, 5) is 34.8. The smallest absolute Gasteiger partial charge is 0.336 e. The SMILES string of the molecule is CCCCS(=O)(=O)N1C(=O)NC(C)C(C(=O)O)=C1c1cccc([N+](=O)[O-])c1Cl. The molecule has 10 nitrogen and oxygen atoms in total. The van der Waals surface area contributed by atoms with Crippen LogP contribution in [0.2, 0.25) is 5.02 Å². The Balaban J connectivity index is 2.86. The highest BCUT2D eigenvalue weighted by Gasteiger charge is 2.42. The molecule has 1 aliphatic rings. The number of aliphatic carboxylic acids is 1. The fourth-order valence-electron chi connectivity index (χ4n) is 2.80. The maximum absolute atomic E-state index is 12.8. The van der Waals surface area contributed by atoms with Gasteiger partial charge in [-0.3, -0.25) is 10.1 Å². The quantitative estimate of drug-likeness (QED) is 0.498. The fourth-order valence-corrected chi connectivity index (χ4v) is 4.70. The van der Waals surface area contributed by atoms with Crippen LogP contribution in [0.5, 0.6) is 0 Å². The van der Waals surface area contributed by atoms with Crippen LogP contribution in [-0.4, -0.2) is 46.5 Å². The number of carbonyl (C=O) groups is 2. The number of carboxylic acid groups (broad SMARTS) is 1. The molecule has 1 unspecified atom stereocenters. The summed E-state index contributed by atoms with van der Waals surface area (Å²) in [5.74, 6) is -1.89. The Kier molecular flexibility index (Phi) is 6.30. The molecular formula is C16H18ClN3O7S. The largest absolute Gasteiger partial charge is 0.478 e. The number of unbranched alkanes of at least 4 members (excludes halogenated alkanes) is 1. The average molecular weight is 432 g/mol. The molecule has 2 N–H and O–H groups in total. The van der Waals surface area contributed by atoms with Gasteiger partial charge in [0.05, 0.1) is 28.0 Å². The third-order valence-electron chi connectivity index (χ3n) is 4.11. The number of benzene rings is 1. The van der Waals surface area contributed by atoms with Gasteiger partial charge in [0.2, 0.25) is 10.0 Å². The van der Waals surface area contributed by atoms with Gasteiger partial charge < -0.3 is 10.4 Å². The van der Waals surface area contributed by atoms with E-state index in [-0.39, 0.29) is 12.0 Å². The van der Waals surface area contributed by atoms with Crippen molar-refractivity contribution in [3.8, 4) is 0 Å². The molecule has 28 heavy (non-hydrogen) atoms.